The van der Waals surface area contributed by atoms with Crippen LogP contribution in [0.2, 0.25) is 5.02 Å². The Bertz CT molecular complexity index is 552. The van der Waals surface area contributed by atoms with E-state index in [1.807, 2.05) is 13.8 Å². The fraction of sp³-hybridized carbons (Fsp3) is 0.294. The molecule has 120 valence electrons. The van der Waals surface area contributed by atoms with Crippen molar-refractivity contribution in [2.45, 2.75) is 26.6 Å². The molecule has 3 nitrogen and oxygen atoms in total. The zero-order valence-corrected chi connectivity index (χ0v) is 13.3. The summed E-state index contributed by atoms with van der Waals surface area (Å²) >= 11 is 5.90. The Morgan fingerprint density at radius 3 is 2.32 bits per heavy atom. The van der Waals surface area contributed by atoms with Gasteiger partial charge in [0, 0.05) is 5.56 Å². The minimum atomic E-state index is -0.912. The van der Waals surface area contributed by atoms with E-state index in [4.69, 9.17) is 21.4 Å². The standard InChI is InChI=1S/C15H14ClFO3.C2H6/c16-13-2-1-3-14(17)12(13)9-20-11-6-4-10(5-7-11)15(19)8-18;1-2/h1-7,15,18-19H,8-9H2;1-2H3. The van der Waals surface area contributed by atoms with Crippen molar-refractivity contribution < 1.29 is 19.3 Å². The number of aliphatic hydroxyl groups excluding tert-OH is 2. The van der Waals surface area contributed by atoms with Crippen LogP contribution in [0.5, 0.6) is 5.75 Å². The predicted molar refractivity (Wildman–Crippen MR) is 85.6 cm³/mol. The highest BCUT2D eigenvalue weighted by molar-refractivity contribution is 6.31. The summed E-state index contributed by atoms with van der Waals surface area (Å²) in [5.74, 6) is 0.114. The first-order valence-electron chi connectivity index (χ1n) is 7.06. The summed E-state index contributed by atoms with van der Waals surface area (Å²) in [5.41, 5.74) is 0.886. The third kappa shape index (κ3) is 4.98. The molecule has 0 aliphatic rings. The highest BCUT2D eigenvalue weighted by Gasteiger charge is 2.09. The van der Waals surface area contributed by atoms with Gasteiger partial charge in [0.15, 0.2) is 0 Å². The summed E-state index contributed by atoms with van der Waals surface area (Å²) in [6.45, 7) is 3.68. The van der Waals surface area contributed by atoms with E-state index in [0.717, 1.165) is 0 Å². The van der Waals surface area contributed by atoms with Crippen LogP contribution in [0.1, 0.15) is 31.1 Å². The van der Waals surface area contributed by atoms with Gasteiger partial charge in [-0.05, 0) is 29.8 Å². The van der Waals surface area contributed by atoms with Gasteiger partial charge in [-0.3, -0.25) is 0 Å². The van der Waals surface area contributed by atoms with Crippen LogP contribution in [0.4, 0.5) is 4.39 Å². The molecular formula is C17H20ClFO3. The van der Waals surface area contributed by atoms with Crippen LogP contribution in [0.25, 0.3) is 0 Å². The van der Waals surface area contributed by atoms with E-state index in [0.29, 0.717) is 21.9 Å². The van der Waals surface area contributed by atoms with E-state index in [2.05, 4.69) is 0 Å². The normalized spacial score (nSPS) is 11.4. The van der Waals surface area contributed by atoms with Gasteiger partial charge < -0.3 is 14.9 Å². The van der Waals surface area contributed by atoms with Gasteiger partial charge in [-0.2, -0.15) is 0 Å². The maximum absolute atomic E-state index is 13.5. The van der Waals surface area contributed by atoms with E-state index < -0.39 is 11.9 Å². The molecule has 5 heteroatoms. The highest BCUT2D eigenvalue weighted by atomic mass is 35.5. The lowest BCUT2D eigenvalue weighted by atomic mass is 10.1. The number of halogens is 2. The van der Waals surface area contributed by atoms with Gasteiger partial charge in [0.25, 0.3) is 0 Å². The molecule has 22 heavy (non-hydrogen) atoms. The minimum Gasteiger partial charge on any atom is -0.489 e. The van der Waals surface area contributed by atoms with E-state index in [-0.39, 0.29) is 13.2 Å². The molecule has 0 amide bonds. The Hall–Kier alpha value is -1.62. The summed E-state index contributed by atoms with van der Waals surface area (Å²) in [6.07, 6.45) is -0.912. The molecule has 2 rings (SSSR count). The molecule has 0 spiro atoms. The van der Waals surface area contributed by atoms with Crippen molar-refractivity contribution in [2.24, 2.45) is 0 Å². The maximum Gasteiger partial charge on any atom is 0.131 e. The lowest BCUT2D eigenvalue weighted by Crippen LogP contribution is -2.03. The molecule has 0 saturated heterocycles. The van der Waals surface area contributed by atoms with Gasteiger partial charge >= 0.3 is 0 Å². The first-order chi connectivity index (χ1) is 10.6. The second-order valence-electron chi connectivity index (χ2n) is 4.26. The number of rotatable bonds is 5. The molecule has 0 fully saturated rings. The summed E-state index contributed by atoms with van der Waals surface area (Å²) in [6, 6.07) is 11.0. The molecule has 0 aromatic heterocycles. The van der Waals surface area contributed by atoms with Crippen molar-refractivity contribution in [1.29, 1.82) is 0 Å². The molecule has 0 saturated carbocycles. The quantitative estimate of drug-likeness (QED) is 0.869. The first kappa shape index (κ1) is 18.4. The third-order valence-corrected chi connectivity index (χ3v) is 3.24. The Labute approximate surface area is 134 Å². The smallest absolute Gasteiger partial charge is 0.131 e. The second-order valence-corrected chi connectivity index (χ2v) is 4.66. The van der Waals surface area contributed by atoms with Crippen molar-refractivity contribution in [3.8, 4) is 5.75 Å². The van der Waals surface area contributed by atoms with E-state index in [9.17, 15) is 9.50 Å². The third-order valence-electron chi connectivity index (χ3n) is 2.88. The fourth-order valence-electron chi connectivity index (χ4n) is 1.72. The molecule has 0 bridgehead atoms. The fourth-order valence-corrected chi connectivity index (χ4v) is 1.93. The Balaban J connectivity index is 0.00000116. The van der Waals surface area contributed by atoms with Crippen LogP contribution >= 0.6 is 11.6 Å². The van der Waals surface area contributed by atoms with Crippen molar-refractivity contribution in [3.63, 3.8) is 0 Å². The van der Waals surface area contributed by atoms with Crippen molar-refractivity contribution in [1.82, 2.24) is 0 Å². The average Bonchev–Trinajstić information content (AvgIpc) is 2.56. The Morgan fingerprint density at radius 1 is 1.14 bits per heavy atom. The number of benzene rings is 2. The zero-order chi connectivity index (χ0) is 16.5. The van der Waals surface area contributed by atoms with Crippen LogP contribution in [0, 0.1) is 5.82 Å². The van der Waals surface area contributed by atoms with Crippen LogP contribution < -0.4 is 4.74 Å². The van der Waals surface area contributed by atoms with Gasteiger partial charge in [0.2, 0.25) is 0 Å². The monoisotopic (exact) mass is 326 g/mol. The van der Waals surface area contributed by atoms with Gasteiger partial charge in [0.1, 0.15) is 24.3 Å². The van der Waals surface area contributed by atoms with Gasteiger partial charge in [-0.15, -0.1) is 0 Å². The number of aliphatic hydroxyl groups is 2. The molecule has 1 atom stereocenters. The summed E-state index contributed by atoms with van der Waals surface area (Å²) < 4.78 is 19.0. The van der Waals surface area contributed by atoms with Gasteiger partial charge in [-0.25, -0.2) is 4.39 Å². The maximum atomic E-state index is 13.5. The highest BCUT2D eigenvalue weighted by Crippen LogP contribution is 2.22. The molecule has 0 heterocycles. The van der Waals surface area contributed by atoms with Gasteiger partial charge in [-0.1, -0.05) is 43.6 Å². The Kier molecular flexibility index (Phi) is 7.88. The first-order valence-corrected chi connectivity index (χ1v) is 7.44. The number of hydrogen-bond donors (Lipinski definition) is 2. The molecule has 2 aromatic rings. The van der Waals surface area contributed by atoms with Crippen molar-refractivity contribution in [2.75, 3.05) is 6.61 Å². The molecule has 2 aromatic carbocycles. The van der Waals surface area contributed by atoms with Crippen LogP contribution in [0.15, 0.2) is 42.5 Å². The minimum absolute atomic E-state index is 0.0212. The molecule has 0 aliphatic heterocycles. The number of ether oxygens (including phenoxy) is 1. The van der Waals surface area contributed by atoms with Crippen LogP contribution in [0.3, 0.4) is 0 Å². The summed E-state index contributed by atoms with van der Waals surface area (Å²) in [5, 5.41) is 18.6. The van der Waals surface area contributed by atoms with E-state index >= 15 is 0 Å². The lowest BCUT2D eigenvalue weighted by Gasteiger charge is -2.11. The molecule has 0 aliphatic carbocycles. The SMILES string of the molecule is CC.OCC(O)c1ccc(OCc2c(F)cccc2Cl)cc1. The topological polar surface area (TPSA) is 49.7 Å². The van der Waals surface area contributed by atoms with Crippen molar-refractivity contribution in [3.05, 3.63) is 64.4 Å². The molecule has 2 N–H and O–H groups in total. The van der Waals surface area contributed by atoms with E-state index in [1.54, 1.807) is 30.3 Å². The zero-order valence-electron chi connectivity index (χ0n) is 12.6. The molecule has 1 unspecified atom stereocenters. The van der Waals surface area contributed by atoms with Crippen LogP contribution in [-0.2, 0) is 6.61 Å². The Morgan fingerprint density at radius 2 is 1.77 bits per heavy atom. The largest absolute Gasteiger partial charge is 0.489 e. The van der Waals surface area contributed by atoms with Crippen molar-refractivity contribution >= 4 is 11.6 Å². The molecule has 0 radical (unpaired) electrons. The summed E-state index contributed by atoms with van der Waals surface area (Å²) in [4.78, 5) is 0. The van der Waals surface area contributed by atoms with Crippen LogP contribution in [-0.4, -0.2) is 16.8 Å². The average molecular weight is 327 g/mol. The van der Waals surface area contributed by atoms with E-state index in [1.165, 1.54) is 12.1 Å². The number of hydrogen-bond acceptors (Lipinski definition) is 3. The second kappa shape index (κ2) is 9.41. The summed E-state index contributed by atoms with van der Waals surface area (Å²) in [7, 11) is 0. The lowest BCUT2D eigenvalue weighted by molar-refractivity contribution is 0.0955. The van der Waals surface area contributed by atoms with Gasteiger partial charge in [0.05, 0.1) is 11.6 Å². The molecular weight excluding hydrogens is 307 g/mol. The predicted octanol–water partition coefficient (Wildman–Crippen LogP) is 4.11.